The molecule has 1 heterocycles. The number of carbonyl (C=O) groups is 1. The predicted molar refractivity (Wildman–Crippen MR) is 141 cm³/mol. The summed E-state index contributed by atoms with van der Waals surface area (Å²) in [6, 6.07) is 35.3. The highest BCUT2D eigenvalue weighted by Crippen LogP contribution is 2.34. The average molecular weight is 474 g/mol. The summed E-state index contributed by atoms with van der Waals surface area (Å²) in [6.45, 7) is 0. The second-order valence-corrected chi connectivity index (χ2v) is 8.12. The summed E-state index contributed by atoms with van der Waals surface area (Å²) in [4.78, 5) is 27.1. The monoisotopic (exact) mass is 473 g/mol. The molecule has 0 saturated carbocycles. The van der Waals surface area contributed by atoms with E-state index in [0.29, 0.717) is 28.4 Å². The standard InChI is InChI=1S/C30H23N3O3/c1-33-30(35)27(26(21-13-5-2-6-14-21)28(32-33)22-15-7-3-8-16-22)29(34)31-24-19-11-12-20-25(24)36-23-17-9-4-10-18-23/h2-20H,1H3,(H,31,34). The molecule has 0 aliphatic carbocycles. The summed E-state index contributed by atoms with van der Waals surface area (Å²) >= 11 is 0. The van der Waals surface area contributed by atoms with Gasteiger partial charge in [0.1, 0.15) is 11.3 Å². The second kappa shape index (κ2) is 10.1. The topological polar surface area (TPSA) is 73.2 Å². The van der Waals surface area contributed by atoms with Gasteiger partial charge in [0, 0.05) is 18.2 Å². The van der Waals surface area contributed by atoms with Crippen LogP contribution in [0, 0.1) is 0 Å². The molecule has 6 nitrogen and oxygen atoms in total. The molecule has 0 spiro atoms. The maximum Gasteiger partial charge on any atom is 0.280 e. The lowest BCUT2D eigenvalue weighted by Gasteiger charge is -2.17. The molecule has 0 radical (unpaired) electrons. The number of aromatic nitrogens is 2. The smallest absolute Gasteiger partial charge is 0.280 e. The van der Waals surface area contributed by atoms with E-state index in [1.165, 1.54) is 4.68 Å². The fourth-order valence-corrected chi connectivity index (χ4v) is 3.99. The zero-order valence-corrected chi connectivity index (χ0v) is 19.6. The molecule has 176 valence electrons. The highest BCUT2D eigenvalue weighted by Gasteiger charge is 2.25. The lowest BCUT2D eigenvalue weighted by molar-refractivity contribution is 0.102. The van der Waals surface area contributed by atoms with Gasteiger partial charge < -0.3 is 10.1 Å². The number of carbonyl (C=O) groups excluding carboxylic acids is 1. The summed E-state index contributed by atoms with van der Waals surface area (Å²) in [5.41, 5.74) is 2.51. The van der Waals surface area contributed by atoms with Crippen LogP contribution in [0.1, 0.15) is 10.4 Å². The molecule has 6 heteroatoms. The number of aryl methyl sites for hydroxylation is 1. The molecule has 4 aromatic carbocycles. The molecule has 0 atom stereocenters. The Hall–Kier alpha value is -4.97. The van der Waals surface area contributed by atoms with E-state index in [2.05, 4.69) is 10.4 Å². The Morgan fingerprint density at radius 1 is 0.750 bits per heavy atom. The number of rotatable bonds is 6. The van der Waals surface area contributed by atoms with E-state index in [-0.39, 0.29) is 5.56 Å². The number of anilines is 1. The third kappa shape index (κ3) is 4.65. The van der Waals surface area contributed by atoms with Gasteiger partial charge in [0.15, 0.2) is 5.75 Å². The molecule has 0 fully saturated rings. The molecule has 1 amide bonds. The summed E-state index contributed by atoms with van der Waals surface area (Å²) in [5, 5.41) is 7.44. The number of hydrogen-bond acceptors (Lipinski definition) is 4. The molecule has 1 N–H and O–H groups in total. The third-order valence-electron chi connectivity index (χ3n) is 5.69. The van der Waals surface area contributed by atoms with Gasteiger partial charge in [-0.3, -0.25) is 9.59 Å². The van der Waals surface area contributed by atoms with Crippen LogP contribution in [-0.4, -0.2) is 15.7 Å². The molecule has 0 aliphatic heterocycles. The Kier molecular flexibility index (Phi) is 6.40. The molecule has 0 aliphatic rings. The molecule has 0 saturated heterocycles. The minimum absolute atomic E-state index is 0.00654. The SMILES string of the molecule is Cn1nc(-c2ccccc2)c(-c2ccccc2)c(C(=O)Nc2ccccc2Oc2ccccc2)c1=O. The summed E-state index contributed by atoms with van der Waals surface area (Å²) in [5.74, 6) is 0.556. The van der Waals surface area contributed by atoms with Gasteiger partial charge >= 0.3 is 0 Å². The van der Waals surface area contributed by atoms with Crippen LogP contribution in [0.4, 0.5) is 5.69 Å². The van der Waals surface area contributed by atoms with Crippen LogP contribution in [0.2, 0.25) is 0 Å². The normalized spacial score (nSPS) is 10.6. The summed E-state index contributed by atoms with van der Waals surface area (Å²) in [7, 11) is 1.55. The largest absolute Gasteiger partial charge is 0.455 e. The van der Waals surface area contributed by atoms with E-state index in [1.54, 1.807) is 25.2 Å². The van der Waals surface area contributed by atoms with Gasteiger partial charge in [-0.25, -0.2) is 4.68 Å². The Morgan fingerprint density at radius 3 is 1.97 bits per heavy atom. The molecule has 5 aromatic rings. The van der Waals surface area contributed by atoms with Crippen molar-refractivity contribution in [3.8, 4) is 33.9 Å². The Balaban J connectivity index is 1.63. The first-order valence-corrected chi connectivity index (χ1v) is 11.5. The first kappa shape index (κ1) is 22.8. The predicted octanol–water partition coefficient (Wildman–Crippen LogP) is 6.16. The van der Waals surface area contributed by atoms with Gasteiger partial charge in [-0.2, -0.15) is 5.10 Å². The number of benzene rings is 4. The molecular weight excluding hydrogens is 450 g/mol. The van der Waals surface area contributed by atoms with Crippen molar-refractivity contribution >= 4 is 11.6 Å². The van der Waals surface area contributed by atoms with Crippen molar-refractivity contribution < 1.29 is 9.53 Å². The number of para-hydroxylation sites is 3. The van der Waals surface area contributed by atoms with Crippen molar-refractivity contribution in [1.29, 1.82) is 0 Å². The third-order valence-corrected chi connectivity index (χ3v) is 5.69. The Labute approximate surface area is 208 Å². The van der Waals surface area contributed by atoms with Crippen molar-refractivity contribution in [3.05, 3.63) is 131 Å². The molecule has 0 bridgehead atoms. The summed E-state index contributed by atoms with van der Waals surface area (Å²) in [6.07, 6.45) is 0. The number of hydrogen-bond donors (Lipinski definition) is 1. The average Bonchev–Trinajstić information content (AvgIpc) is 2.92. The zero-order valence-electron chi connectivity index (χ0n) is 19.6. The summed E-state index contributed by atoms with van der Waals surface area (Å²) < 4.78 is 7.20. The van der Waals surface area contributed by atoms with E-state index in [0.717, 1.165) is 11.1 Å². The van der Waals surface area contributed by atoms with Gasteiger partial charge in [-0.15, -0.1) is 0 Å². The van der Waals surface area contributed by atoms with E-state index in [1.807, 2.05) is 97.1 Å². The van der Waals surface area contributed by atoms with Gasteiger partial charge in [-0.1, -0.05) is 91.0 Å². The van der Waals surface area contributed by atoms with Crippen molar-refractivity contribution in [1.82, 2.24) is 9.78 Å². The van der Waals surface area contributed by atoms with Gasteiger partial charge in [0.2, 0.25) is 0 Å². The minimum Gasteiger partial charge on any atom is -0.455 e. The maximum absolute atomic E-state index is 13.8. The van der Waals surface area contributed by atoms with Crippen molar-refractivity contribution in [2.75, 3.05) is 5.32 Å². The van der Waals surface area contributed by atoms with E-state index < -0.39 is 11.5 Å². The quantitative estimate of drug-likeness (QED) is 0.321. The highest BCUT2D eigenvalue weighted by molar-refractivity contribution is 6.10. The Bertz CT molecular complexity index is 1560. The van der Waals surface area contributed by atoms with E-state index >= 15 is 0 Å². The van der Waals surface area contributed by atoms with Gasteiger partial charge in [0.25, 0.3) is 11.5 Å². The molecule has 5 rings (SSSR count). The van der Waals surface area contributed by atoms with Crippen LogP contribution in [-0.2, 0) is 7.05 Å². The van der Waals surface area contributed by atoms with Crippen LogP contribution in [0.25, 0.3) is 22.4 Å². The molecule has 1 aromatic heterocycles. The van der Waals surface area contributed by atoms with Gasteiger partial charge in [0.05, 0.1) is 11.4 Å². The lowest BCUT2D eigenvalue weighted by atomic mass is 9.95. The molecule has 0 unspecified atom stereocenters. The number of nitrogens with zero attached hydrogens (tertiary/aromatic N) is 2. The number of ether oxygens (including phenoxy) is 1. The van der Waals surface area contributed by atoms with Crippen molar-refractivity contribution in [2.45, 2.75) is 0 Å². The first-order chi connectivity index (χ1) is 17.6. The molecule has 36 heavy (non-hydrogen) atoms. The van der Waals surface area contributed by atoms with Crippen LogP contribution >= 0.6 is 0 Å². The van der Waals surface area contributed by atoms with E-state index in [9.17, 15) is 9.59 Å². The number of amides is 1. The first-order valence-electron chi connectivity index (χ1n) is 11.5. The van der Waals surface area contributed by atoms with Gasteiger partial charge in [-0.05, 0) is 29.8 Å². The lowest BCUT2D eigenvalue weighted by Crippen LogP contribution is -2.31. The van der Waals surface area contributed by atoms with Crippen molar-refractivity contribution in [2.24, 2.45) is 7.05 Å². The minimum atomic E-state index is -0.543. The second-order valence-electron chi connectivity index (χ2n) is 8.12. The van der Waals surface area contributed by atoms with Crippen LogP contribution in [0.3, 0.4) is 0 Å². The zero-order chi connectivity index (χ0) is 24.9. The van der Waals surface area contributed by atoms with E-state index in [4.69, 9.17) is 4.74 Å². The highest BCUT2D eigenvalue weighted by atomic mass is 16.5. The van der Waals surface area contributed by atoms with Crippen LogP contribution < -0.4 is 15.6 Å². The van der Waals surface area contributed by atoms with Crippen molar-refractivity contribution in [3.63, 3.8) is 0 Å². The Morgan fingerprint density at radius 2 is 1.31 bits per heavy atom. The van der Waals surface area contributed by atoms with Crippen LogP contribution in [0.5, 0.6) is 11.5 Å². The molecular formula is C30H23N3O3. The number of nitrogens with one attached hydrogen (secondary N) is 1. The van der Waals surface area contributed by atoms with Crippen LogP contribution in [0.15, 0.2) is 120 Å². The maximum atomic E-state index is 13.8. The fourth-order valence-electron chi connectivity index (χ4n) is 3.99. The fraction of sp³-hybridized carbons (Fsp3) is 0.0333.